The van der Waals surface area contributed by atoms with Gasteiger partial charge in [0.2, 0.25) is 0 Å². The highest BCUT2D eigenvalue weighted by atomic mass is 32.1. The molecule has 1 unspecified atom stereocenters. The number of hydrogen-bond acceptors (Lipinski definition) is 3. The van der Waals surface area contributed by atoms with Crippen LogP contribution in [0, 0.1) is 5.41 Å². The van der Waals surface area contributed by atoms with Crippen molar-refractivity contribution in [3.8, 4) is 11.3 Å². The highest BCUT2D eigenvalue weighted by molar-refractivity contribution is 7.09. The van der Waals surface area contributed by atoms with Crippen LogP contribution >= 0.6 is 11.3 Å². The van der Waals surface area contributed by atoms with Crippen molar-refractivity contribution in [2.45, 2.75) is 32.2 Å². The Hall–Kier alpha value is -1.19. The maximum absolute atomic E-state index is 4.79. The standard InChI is InChI=1S/C16H20N2S/c1-16(8-9-16)14(17-2)10-15-18-13(11-19-15)12-6-4-3-5-7-12/h3-7,11,14,17H,8-10H2,1-2H3. The molecule has 3 rings (SSSR count). The second-order valence-corrected chi connectivity index (χ2v) is 6.63. The molecule has 1 fully saturated rings. The summed E-state index contributed by atoms with van der Waals surface area (Å²) in [5.41, 5.74) is 2.81. The predicted molar refractivity (Wildman–Crippen MR) is 81.4 cm³/mol. The van der Waals surface area contributed by atoms with Gasteiger partial charge >= 0.3 is 0 Å². The van der Waals surface area contributed by atoms with Crippen molar-refractivity contribution in [1.29, 1.82) is 0 Å². The maximum Gasteiger partial charge on any atom is 0.0948 e. The minimum atomic E-state index is 0.493. The van der Waals surface area contributed by atoms with E-state index in [1.165, 1.54) is 23.4 Å². The fraction of sp³-hybridized carbons (Fsp3) is 0.438. The Morgan fingerprint density at radius 2 is 2.05 bits per heavy atom. The molecular formula is C16H20N2S. The van der Waals surface area contributed by atoms with Gasteiger partial charge in [0.05, 0.1) is 10.7 Å². The fourth-order valence-electron chi connectivity index (χ4n) is 2.56. The summed E-state index contributed by atoms with van der Waals surface area (Å²) in [5, 5.41) is 6.88. The van der Waals surface area contributed by atoms with Crippen LogP contribution in [0.4, 0.5) is 0 Å². The molecule has 0 amide bonds. The van der Waals surface area contributed by atoms with E-state index in [4.69, 9.17) is 4.98 Å². The molecule has 1 N–H and O–H groups in total. The van der Waals surface area contributed by atoms with Crippen molar-refractivity contribution in [1.82, 2.24) is 10.3 Å². The minimum Gasteiger partial charge on any atom is -0.316 e. The normalized spacial score (nSPS) is 18.2. The third-order valence-corrected chi connectivity index (χ3v) is 5.10. The number of nitrogens with one attached hydrogen (secondary N) is 1. The van der Waals surface area contributed by atoms with Crippen molar-refractivity contribution in [3.05, 3.63) is 40.7 Å². The van der Waals surface area contributed by atoms with Gasteiger partial charge in [0.15, 0.2) is 0 Å². The second-order valence-electron chi connectivity index (χ2n) is 5.69. The first-order chi connectivity index (χ1) is 9.21. The van der Waals surface area contributed by atoms with Gasteiger partial charge in [-0.1, -0.05) is 37.3 Å². The molecule has 1 heterocycles. The van der Waals surface area contributed by atoms with Crippen LogP contribution in [0.5, 0.6) is 0 Å². The molecule has 0 bridgehead atoms. The van der Waals surface area contributed by atoms with Crippen LogP contribution < -0.4 is 5.32 Å². The van der Waals surface area contributed by atoms with E-state index in [1.54, 1.807) is 11.3 Å². The zero-order chi connectivity index (χ0) is 13.3. The molecule has 0 spiro atoms. The van der Waals surface area contributed by atoms with Crippen LogP contribution in [0.15, 0.2) is 35.7 Å². The van der Waals surface area contributed by atoms with Gasteiger partial charge in [-0.15, -0.1) is 11.3 Å². The summed E-state index contributed by atoms with van der Waals surface area (Å²) < 4.78 is 0. The molecule has 0 aliphatic heterocycles. The highest BCUT2D eigenvalue weighted by Gasteiger charge is 2.44. The van der Waals surface area contributed by atoms with E-state index in [-0.39, 0.29) is 0 Å². The van der Waals surface area contributed by atoms with Gasteiger partial charge in [-0.05, 0) is 25.3 Å². The van der Waals surface area contributed by atoms with Crippen LogP contribution in [-0.4, -0.2) is 18.1 Å². The lowest BCUT2D eigenvalue weighted by molar-refractivity contribution is 0.376. The predicted octanol–water partition coefficient (Wildman–Crippen LogP) is 3.74. The lowest BCUT2D eigenvalue weighted by Crippen LogP contribution is -2.35. The summed E-state index contributed by atoms with van der Waals surface area (Å²) in [4.78, 5) is 4.79. The van der Waals surface area contributed by atoms with E-state index >= 15 is 0 Å². The number of rotatable bonds is 5. The average Bonchev–Trinajstić information content (AvgIpc) is 3.03. The molecule has 100 valence electrons. The van der Waals surface area contributed by atoms with Gasteiger partial charge in [-0.2, -0.15) is 0 Å². The Morgan fingerprint density at radius 1 is 1.32 bits per heavy atom. The summed E-state index contributed by atoms with van der Waals surface area (Å²) in [6.45, 7) is 2.37. The summed E-state index contributed by atoms with van der Waals surface area (Å²) in [6, 6.07) is 11.0. The van der Waals surface area contributed by atoms with E-state index in [9.17, 15) is 0 Å². The fourth-order valence-corrected chi connectivity index (χ4v) is 3.41. The monoisotopic (exact) mass is 272 g/mol. The summed E-state index contributed by atoms with van der Waals surface area (Å²) >= 11 is 1.78. The number of nitrogens with zero attached hydrogens (tertiary/aromatic N) is 1. The van der Waals surface area contributed by atoms with E-state index in [1.807, 2.05) is 6.07 Å². The van der Waals surface area contributed by atoms with Gasteiger partial charge < -0.3 is 5.32 Å². The van der Waals surface area contributed by atoms with Gasteiger partial charge in [0.1, 0.15) is 0 Å². The molecule has 1 aromatic carbocycles. The third-order valence-electron chi connectivity index (χ3n) is 4.23. The van der Waals surface area contributed by atoms with Crippen molar-refractivity contribution in [2.24, 2.45) is 5.41 Å². The molecule has 0 saturated heterocycles. The number of likely N-dealkylation sites (N-methyl/N-ethyl adjacent to an activating group) is 1. The Morgan fingerprint density at radius 3 is 2.68 bits per heavy atom. The number of benzene rings is 1. The first-order valence-electron chi connectivity index (χ1n) is 6.88. The number of hydrogen-bond donors (Lipinski definition) is 1. The zero-order valence-electron chi connectivity index (χ0n) is 11.5. The lowest BCUT2D eigenvalue weighted by Gasteiger charge is -2.21. The minimum absolute atomic E-state index is 0.493. The van der Waals surface area contributed by atoms with E-state index in [0.717, 1.165) is 12.1 Å². The molecule has 2 nitrogen and oxygen atoms in total. The van der Waals surface area contributed by atoms with Crippen LogP contribution in [0.25, 0.3) is 11.3 Å². The lowest BCUT2D eigenvalue weighted by atomic mass is 9.96. The quantitative estimate of drug-likeness (QED) is 0.897. The SMILES string of the molecule is CNC(Cc1nc(-c2ccccc2)cs1)C1(C)CC1. The van der Waals surface area contributed by atoms with Gasteiger partial charge in [0.25, 0.3) is 0 Å². The Bertz CT molecular complexity index is 543. The number of thiazole rings is 1. The van der Waals surface area contributed by atoms with Crippen LogP contribution in [0.2, 0.25) is 0 Å². The molecule has 19 heavy (non-hydrogen) atoms. The maximum atomic E-state index is 4.79. The second kappa shape index (κ2) is 5.06. The van der Waals surface area contributed by atoms with Crippen molar-refractivity contribution >= 4 is 11.3 Å². The summed E-state index contributed by atoms with van der Waals surface area (Å²) in [5.74, 6) is 0. The smallest absolute Gasteiger partial charge is 0.0948 e. The third kappa shape index (κ3) is 2.72. The molecule has 3 heteroatoms. The van der Waals surface area contributed by atoms with Crippen LogP contribution in [0.1, 0.15) is 24.8 Å². The molecule has 0 radical (unpaired) electrons. The van der Waals surface area contributed by atoms with E-state index in [0.29, 0.717) is 11.5 Å². The topological polar surface area (TPSA) is 24.9 Å². The summed E-state index contributed by atoms with van der Waals surface area (Å²) in [6.07, 6.45) is 3.73. The molecule has 1 saturated carbocycles. The van der Waals surface area contributed by atoms with Crippen molar-refractivity contribution < 1.29 is 0 Å². The Balaban J connectivity index is 1.75. The average molecular weight is 272 g/mol. The molecule has 2 aromatic rings. The Kier molecular flexibility index (Phi) is 3.42. The molecule has 1 aliphatic rings. The Labute approximate surface area is 118 Å². The van der Waals surface area contributed by atoms with Crippen LogP contribution in [0.3, 0.4) is 0 Å². The molecule has 1 aromatic heterocycles. The molecular weight excluding hydrogens is 252 g/mol. The largest absolute Gasteiger partial charge is 0.316 e. The van der Waals surface area contributed by atoms with Gasteiger partial charge in [-0.3, -0.25) is 0 Å². The highest BCUT2D eigenvalue weighted by Crippen LogP contribution is 2.49. The van der Waals surface area contributed by atoms with Crippen LogP contribution in [-0.2, 0) is 6.42 Å². The summed E-state index contributed by atoms with van der Waals surface area (Å²) in [7, 11) is 2.07. The van der Waals surface area contributed by atoms with E-state index < -0.39 is 0 Å². The zero-order valence-corrected chi connectivity index (χ0v) is 12.3. The molecule has 1 aliphatic carbocycles. The first kappa shape index (κ1) is 12.8. The van der Waals surface area contributed by atoms with Crippen molar-refractivity contribution in [2.75, 3.05) is 7.05 Å². The molecule has 1 atom stereocenters. The first-order valence-corrected chi connectivity index (χ1v) is 7.76. The van der Waals surface area contributed by atoms with Gasteiger partial charge in [0, 0.05) is 23.4 Å². The van der Waals surface area contributed by atoms with E-state index in [2.05, 4.69) is 48.9 Å². The van der Waals surface area contributed by atoms with Crippen molar-refractivity contribution in [3.63, 3.8) is 0 Å². The van der Waals surface area contributed by atoms with Gasteiger partial charge in [-0.25, -0.2) is 4.98 Å². The number of aromatic nitrogens is 1.